The standard InChI is InChI=1S/C14H20ClN3O3/c1-8(2)12(11-7-9(3)17-21-11)14(19)18-6-4-5-10(18)13(15)16-20/h7-8,10,12,20H,4-6H2,1-3H3/b16-13-. The Hall–Kier alpha value is -1.56. The number of carbonyl (C=O) groups is 1. The average molecular weight is 314 g/mol. The first-order valence-corrected chi connectivity index (χ1v) is 7.44. The fraction of sp³-hybridized carbons (Fsp3) is 0.643. The van der Waals surface area contributed by atoms with Gasteiger partial charge in [-0.2, -0.15) is 0 Å². The van der Waals surface area contributed by atoms with Gasteiger partial charge in [-0.3, -0.25) is 4.79 Å². The van der Waals surface area contributed by atoms with E-state index in [1.54, 1.807) is 11.0 Å². The maximum Gasteiger partial charge on any atom is 0.234 e. The topological polar surface area (TPSA) is 78.9 Å². The Morgan fingerprint density at radius 2 is 2.33 bits per heavy atom. The molecule has 1 aliphatic heterocycles. The first kappa shape index (κ1) is 15.8. The molecule has 1 saturated heterocycles. The number of halogens is 1. The fourth-order valence-corrected chi connectivity index (χ4v) is 3.02. The summed E-state index contributed by atoms with van der Waals surface area (Å²) < 4.78 is 5.28. The minimum Gasteiger partial charge on any atom is -0.410 e. The number of oxime groups is 1. The van der Waals surface area contributed by atoms with Crippen molar-refractivity contribution in [1.82, 2.24) is 10.1 Å². The molecule has 1 aliphatic rings. The Balaban J connectivity index is 2.26. The lowest BCUT2D eigenvalue weighted by molar-refractivity contribution is -0.134. The van der Waals surface area contributed by atoms with E-state index in [9.17, 15) is 4.79 Å². The number of likely N-dealkylation sites (tertiary alicyclic amines) is 1. The van der Waals surface area contributed by atoms with Crippen LogP contribution >= 0.6 is 11.6 Å². The molecule has 2 rings (SSSR count). The second-order valence-electron chi connectivity index (χ2n) is 5.70. The van der Waals surface area contributed by atoms with E-state index in [0.717, 1.165) is 12.1 Å². The Kier molecular flexibility index (Phi) is 4.88. The van der Waals surface area contributed by atoms with Crippen LogP contribution in [0.25, 0.3) is 0 Å². The smallest absolute Gasteiger partial charge is 0.234 e. The normalized spacial score (nSPS) is 21.1. The predicted octanol–water partition coefficient (Wildman–Crippen LogP) is 2.74. The lowest BCUT2D eigenvalue weighted by Crippen LogP contribution is -2.42. The molecule has 1 fully saturated rings. The highest BCUT2D eigenvalue weighted by molar-refractivity contribution is 6.66. The second kappa shape index (κ2) is 6.47. The van der Waals surface area contributed by atoms with Crippen LogP contribution in [0.5, 0.6) is 0 Å². The largest absolute Gasteiger partial charge is 0.410 e. The third-order valence-electron chi connectivity index (χ3n) is 3.79. The Morgan fingerprint density at radius 3 is 2.86 bits per heavy atom. The van der Waals surface area contributed by atoms with Gasteiger partial charge in [0, 0.05) is 12.6 Å². The van der Waals surface area contributed by atoms with Crippen LogP contribution in [0, 0.1) is 12.8 Å². The summed E-state index contributed by atoms with van der Waals surface area (Å²) in [6, 6.07) is 1.43. The molecule has 0 bridgehead atoms. The quantitative estimate of drug-likeness (QED) is 0.526. The van der Waals surface area contributed by atoms with Gasteiger partial charge in [0.2, 0.25) is 5.91 Å². The summed E-state index contributed by atoms with van der Waals surface area (Å²) in [6.45, 7) is 6.36. The molecule has 1 aromatic rings. The van der Waals surface area contributed by atoms with E-state index in [1.165, 1.54) is 0 Å². The first-order chi connectivity index (χ1) is 9.95. The van der Waals surface area contributed by atoms with E-state index in [1.807, 2.05) is 20.8 Å². The zero-order valence-corrected chi connectivity index (χ0v) is 13.2. The molecule has 2 heterocycles. The van der Waals surface area contributed by atoms with Crippen LogP contribution in [-0.2, 0) is 4.79 Å². The lowest BCUT2D eigenvalue weighted by Gasteiger charge is -2.28. The van der Waals surface area contributed by atoms with Gasteiger partial charge in [-0.25, -0.2) is 0 Å². The van der Waals surface area contributed by atoms with Crippen LogP contribution < -0.4 is 0 Å². The molecule has 6 nitrogen and oxygen atoms in total. The van der Waals surface area contributed by atoms with E-state index in [4.69, 9.17) is 21.3 Å². The van der Waals surface area contributed by atoms with E-state index in [2.05, 4.69) is 10.3 Å². The highest BCUT2D eigenvalue weighted by Gasteiger charge is 2.38. The predicted molar refractivity (Wildman–Crippen MR) is 78.6 cm³/mol. The van der Waals surface area contributed by atoms with Gasteiger partial charge < -0.3 is 14.6 Å². The highest BCUT2D eigenvalue weighted by atomic mass is 35.5. The first-order valence-electron chi connectivity index (χ1n) is 7.06. The van der Waals surface area contributed by atoms with Gasteiger partial charge in [-0.05, 0) is 25.7 Å². The summed E-state index contributed by atoms with van der Waals surface area (Å²) >= 11 is 5.92. The van der Waals surface area contributed by atoms with E-state index in [0.29, 0.717) is 18.7 Å². The van der Waals surface area contributed by atoms with E-state index >= 15 is 0 Å². The van der Waals surface area contributed by atoms with Crippen molar-refractivity contribution >= 4 is 22.7 Å². The number of aromatic nitrogens is 1. The maximum atomic E-state index is 12.9. The number of nitrogens with zero attached hydrogens (tertiary/aromatic N) is 3. The number of carbonyl (C=O) groups excluding carboxylic acids is 1. The van der Waals surface area contributed by atoms with Crippen molar-refractivity contribution in [3.05, 3.63) is 17.5 Å². The van der Waals surface area contributed by atoms with E-state index in [-0.39, 0.29) is 23.0 Å². The molecule has 0 aliphatic carbocycles. The summed E-state index contributed by atoms with van der Waals surface area (Å²) in [6.07, 6.45) is 1.54. The van der Waals surface area contributed by atoms with Crippen molar-refractivity contribution < 1.29 is 14.5 Å². The number of aryl methyl sites for hydroxylation is 1. The van der Waals surface area contributed by atoms with Gasteiger partial charge in [-0.15, -0.1) is 0 Å². The van der Waals surface area contributed by atoms with Crippen LogP contribution in [0.15, 0.2) is 15.7 Å². The van der Waals surface area contributed by atoms with Crippen LogP contribution in [0.4, 0.5) is 0 Å². The Morgan fingerprint density at radius 1 is 1.62 bits per heavy atom. The minimum absolute atomic E-state index is 0.0529. The second-order valence-corrected chi connectivity index (χ2v) is 6.09. The van der Waals surface area contributed by atoms with Gasteiger partial charge in [0.1, 0.15) is 11.7 Å². The molecule has 1 N–H and O–H groups in total. The maximum absolute atomic E-state index is 12.9. The summed E-state index contributed by atoms with van der Waals surface area (Å²) in [7, 11) is 0. The van der Waals surface area contributed by atoms with Crippen LogP contribution in [-0.4, -0.2) is 38.9 Å². The molecule has 1 amide bonds. The molecule has 0 spiro atoms. The summed E-state index contributed by atoms with van der Waals surface area (Å²) in [5.41, 5.74) is 0.747. The average Bonchev–Trinajstić information content (AvgIpc) is 3.06. The number of hydrogen-bond acceptors (Lipinski definition) is 5. The third-order valence-corrected chi connectivity index (χ3v) is 4.12. The van der Waals surface area contributed by atoms with Crippen molar-refractivity contribution in [2.24, 2.45) is 11.1 Å². The summed E-state index contributed by atoms with van der Waals surface area (Å²) in [5.74, 6) is 0.159. The van der Waals surface area contributed by atoms with Gasteiger partial charge in [-0.1, -0.05) is 35.8 Å². The highest BCUT2D eigenvalue weighted by Crippen LogP contribution is 2.31. The molecule has 7 heteroatoms. The molecule has 0 radical (unpaired) electrons. The summed E-state index contributed by atoms with van der Waals surface area (Å²) in [5, 5.41) is 15.8. The molecular formula is C14H20ClN3O3. The van der Waals surface area contributed by atoms with Gasteiger partial charge >= 0.3 is 0 Å². The van der Waals surface area contributed by atoms with Gasteiger partial charge in [0.15, 0.2) is 5.17 Å². The lowest BCUT2D eigenvalue weighted by atomic mass is 9.91. The van der Waals surface area contributed by atoms with E-state index < -0.39 is 5.92 Å². The van der Waals surface area contributed by atoms with Crippen LogP contribution in [0.2, 0.25) is 0 Å². The molecule has 2 unspecified atom stereocenters. The van der Waals surface area contributed by atoms with Crippen molar-refractivity contribution in [2.75, 3.05) is 6.54 Å². The zero-order chi connectivity index (χ0) is 15.6. The third kappa shape index (κ3) is 3.20. The fourth-order valence-electron chi connectivity index (χ4n) is 2.79. The van der Waals surface area contributed by atoms with Gasteiger partial charge in [0.25, 0.3) is 0 Å². The SMILES string of the molecule is Cc1cc(C(C(=O)N2CCCC2/C(Cl)=N/O)C(C)C)on1. The molecule has 116 valence electrons. The molecule has 21 heavy (non-hydrogen) atoms. The monoisotopic (exact) mass is 313 g/mol. The molecule has 1 aromatic heterocycles. The molecule has 2 atom stereocenters. The van der Waals surface area contributed by atoms with Crippen LogP contribution in [0.1, 0.15) is 44.1 Å². The zero-order valence-electron chi connectivity index (χ0n) is 12.4. The van der Waals surface area contributed by atoms with Crippen LogP contribution in [0.3, 0.4) is 0 Å². The number of hydrogen-bond donors (Lipinski definition) is 1. The number of rotatable bonds is 4. The van der Waals surface area contributed by atoms with Crippen molar-refractivity contribution in [2.45, 2.75) is 45.6 Å². The summed E-state index contributed by atoms with van der Waals surface area (Å²) in [4.78, 5) is 14.5. The minimum atomic E-state index is -0.407. The molecule has 0 saturated carbocycles. The Labute approximate surface area is 128 Å². The Bertz CT molecular complexity index is 541. The van der Waals surface area contributed by atoms with Crippen molar-refractivity contribution in [3.8, 4) is 0 Å². The van der Waals surface area contributed by atoms with Crippen molar-refractivity contribution in [3.63, 3.8) is 0 Å². The van der Waals surface area contributed by atoms with Gasteiger partial charge in [0.05, 0.1) is 11.7 Å². The number of amides is 1. The molecule has 0 aromatic carbocycles. The molecular weight excluding hydrogens is 294 g/mol. The van der Waals surface area contributed by atoms with Crippen molar-refractivity contribution in [1.29, 1.82) is 0 Å².